The van der Waals surface area contributed by atoms with Gasteiger partial charge in [-0.15, -0.1) is 6.42 Å². The molecule has 1 N–H and O–H groups in total. The van der Waals surface area contributed by atoms with Crippen LogP contribution in [-0.4, -0.2) is 38.1 Å². The van der Waals surface area contributed by atoms with Crippen molar-refractivity contribution in [2.75, 3.05) is 33.2 Å². The zero-order chi connectivity index (χ0) is 7.40. The largest absolute Gasteiger partial charge is 0.316 e. The second-order valence-electron chi connectivity index (χ2n) is 2.93. The van der Waals surface area contributed by atoms with Crippen molar-refractivity contribution in [3.8, 4) is 12.3 Å². The van der Waals surface area contributed by atoms with Gasteiger partial charge in [-0.25, -0.2) is 0 Å². The third kappa shape index (κ3) is 2.02. The molecule has 0 saturated carbocycles. The highest BCUT2D eigenvalue weighted by Gasteiger charge is 2.17. The molecule has 0 aromatic rings. The average Bonchev–Trinajstić information content (AvgIpc) is 1.80. The minimum Gasteiger partial charge on any atom is -0.316 e. The fourth-order valence-electron chi connectivity index (χ4n) is 1.14. The number of rotatable bonds is 3. The fraction of sp³-hybridized carbons (Fsp3) is 0.750. The van der Waals surface area contributed by atoms with Gasteiger partial charge >= 0.3 is 0 Å². The molecule has 0 amide bonds. The molecule has 1 fully saturated rings. The van der Waals surface area contributed by atoms with E-state index in [4.69, 9.17) is 6.42 Å². The van der Waals surface area contributed by atoms with Crippen LogP contribution in [0.25, 0.3) is 0 Å². The summed E-state index contributed by atoms with van der Waals surface area (Å²) < 4.78 is 0. The summed E-state index contributed by atoms with van der Waals surface area (Å²) in [5, 5.41) is 3.23. The summed E-state index contributed by atoms with van der Waals surface area (Å²) in [6, 6.07) is 0. The van der Waals surface area contributed by atoms with Crippen molar-refractivity contribution in [1.82, 2.24) is 10.2 Å². The number of terminal acetylenes is 1. The summed E-state index contributed by atoms with van der Waals surface area (Å²) in [6.07, 6.45) is 5.16. The second kappa shape index (κ2) is 3.60. The van der Waals surface area contributed by atoms with Gasteiger partial charge < -0.3 is 5.32 Å². The van der Waals surface area contributed by atoms with Crippen molar-refractivity contribution in [3.05, 3.63) is 0 Å². The van der Waals surface area contributed by atoms with E-state index in [-0.39, 0.29) is 0 Å². The van der Waals surface area contributed by atoms with Crippen LogP contribution in [0.2, 0.25) is 0 Å². The quantitative estimate of drug-likeness (QED) is 0.542. The standard InChI is InChI=1S/C8H14N2/c1-3-4-10(2)7-8-5-9-6-8/h1,8-9H,4-7H2,2H3. The Morgan fingerprint density at radius 1 is 1.70 bits per heavy atom. The molecule has 1 saturated heterocycles. The van der Waals surface area contributed by atoms with Crippen LogP contribution in [0.5, 0.6) is 0 Å². The van der Waals surface area contributed by atoms with E-state index < -0.39 is 0 Å². The Balaban J connectivity index is 2.06. The van der Waals surface area contributed by atoms with Crippen LogP contribution in [-0.2, 0) is 0 Å². The minimum absolute atomic E-state index is 0.774. The van der Waals surface area contributed by atoms with Gasteiger partial charge in [0.15, 0.2) is 0 Å². The Kier molecular flexibility index (Phi) is 2.73. The first-order valence-electron chi connectivity index (χ1n) is 3.65. The summed E-state index contributed by atoms with van der Waals surface area (Å²) in [6.45, 7) is 4.23. The lowest BCUT2D eigenvalue weighted by atomic mass is 10.0. The Bertz CT molecular complexity index is 133. The van der Waals surface area contributed by atoms with E-state index in [0.29, 0.717) is 0 Å². The number of nitrogens with one attached hydrogen (secondary N) is 1. The van der Waals surface area contributed by atoms with Gasteiger partial charge in [0.1, 0.15) is 0 Å². The Morgan fingerprint density at radius 3 is 2.80 bits per heavy atom. The van der Waals surface area contributed by atoms with Gasteiger partial charge in [0.25, 0.3) is 0 Å². The smallest absolute Gasteiger partial charge is 0.0596 e. The molecule has 0 bridgehead atoms. The maximum Gasteiger partial charge on any atom is 0.0596 e. The van der Waals surface area contributed by atoms with Crippen molar-refractivity contribution < 1.29 is 0 Å². The normalized spacial score (nSPS) is 18.5. The molecule has 1 aliphatic rings. The van der Waals surface area contributed by atoms with Crippen molar-refractivity contribution in [2.24, 2.45) is 5.92 Å². The molecule has 2 nitrogen and oxygen atoms in total. The Hall–Kier alpha value is -0.520. The molecule has 0 radical (unpaired) electrons. The van der Waals surface area contributed by atoms with Gasteiger partial charge in [-0.2, -0.15) is 0 Å². The van der Waals surface area contributed by atoms with Crippen molar-refractivity contribution >= 4 is 0 Å². The lowest BCUT2D eigenvalue weighted by Crippen LogP contribution is -2.47. The molecule has 0 aromatic heterocycles. The Morgan fingerprint density at radius 2 is 2.40 bits per heavy atom. The van der Waals surface area contributed by atoms with Gasteiger partial charge in [0.05, 0.1) is 6.54 Å². The van der Waals surface area contributed by atoms with Crippen LogP contribution >= 0.6 is 0 Å². The third-order valence-corrected chi connectivity index (χ3v) is 1.80. The summed E-state index contributed by atoms with van der Waals surface area (Å²) in [5.41, 5.74) is 0. The Labute approximate surface area is 62.6 Å². The van der Waals surface area contributed by atoms with E-state index in [1.807, 2.05) is 0 Å². The van der Waals surface area contributed by atoms with Gasteiger partial charge in [-0.3, -0.25) is 4.90 Å². The third-order valence-electron chi connectivity index (χ3n) is 1.80. The predicted molar refractivity (Wildman–Crippen MR) is 42.7 cm³/mol. The van der Waals surface area contributed by atoms with Crippen LogP contribution in [0.3, 0.4) is 0 Å². The minimum atomic E-state index is 0.774. The van der Waals surface area contributed by atoms with Crippen LogP contribution < -0.4 is 5.32 Å². The molecule has 1 heterocycles. The molecule has 0 aromatic carbocycles. The lowest BCUT2D eigenvalue weighted by Gasteiger charge is -2.30. The van der Waals surface area contributed by atoms with E-state index in [0.717, 1.165) is 32.1 Å². The lowest BCUT2D eigenvalue weighted by molar-refractivity contribution is 0.240. The number of nitrogens with zero attached hydrogens (tertiary/aromatic N) is 1. The predicted octanol–water partition coefficient (Wildman–Crippen LogP) is -0.229. The fourth-order valence-corrected chi connectivity index (χ4v) is 1.14. The highest BCUT2D eigenvalue weighted by atomic mass is 15.1. The van der Waals surface area contributed by atoms with Crippen molar-refractivity contribution in [2.45, 2.75) is 0 Å². The van der Waals surface area contributed by atoms with Crippen molar-refractivity contribution in [3.63, 3.8) is 0 Å². The maximum absolute atomic E-state index is 5.16. The first-order chi connectivity index (χ1) is 4.83. The molecule has 0 atom stereocenters. The molecule has 10 heavy (non-hydrogen) atoms. The highest BCUT2D eigenvalue weighted by Crippen LogP contribution is 2.03. The zero-order valence-corrected chi connectivity index (χ0v) is 6.43. The summed E-state index contributed by atoms with van der Waals surface area (Å²) in [7, 11) is 2.07. The zero-order valence-electron chi connectivity index (χ0n) is 6.43. The summed E-state index contributed by atoms with van der Waals surface area (Å²) in [4.78, 5) is 2.19. The first-order valence-corrected chi connectivity index (χ1v) is 3.65. The van der Waals surface area contributed by atoms with Crippen molar-refractivity contribution in [1.29, 1.82) is 0 Å². The highest BCUT2D eigenvalue weighted by molar-refractivity contribution is 4.88. The van der Waals surface area contributed by atoms with E-state index >= 15 is 0 Å². The first kappa shape index (κ1) is 7.59. The van der Waals surface area contributed by atoms with E-state index in [9.17, 15) is 0 Å². The van der Waals surface area contributed by atoms with Gasteiger partial charge in [0.2, 0.25) is 0 Å². The summed E-state index contributed by atoms with van der Waals surface area (Å²) in [5.74, 6) is 3.46. The molecular weight excluding hydrogens is 124 g/mol. The van der Waals surface area contributed by atoms with Gasteiger partial charge in [-0.05, 0) is 13.0 Å². The van der Waals surface area contributed by atoms with Crippen LogP contribution in [0.1, 0.15) is 0 Å². The molecule has 1 rings (SSSR count). The SMILES string of the molecule is C#CCN(C)CC1CNC1. The second-order valence-corrected chi connectivity index (χ2v) is 2.93. The topological polar surface area (TPSA) is 15.3 Å². The summed E-state index contributed by atoms with van der Waals surface area (Å²) >= 11 is 0. The number of hydrogen-bond acceptors (Lipinski definition) is 2. The maximum atomic E-state index is 5.16. The molecular formula is C8H14N2. The van der Waals surface area contributed by atoms with Crippen LogP contribution in [0, 0.1) is 18.3 Å². The number of hydrogen-bond donors (Lipinski definition) is 1. The molecule has 2 heteroatoms. The average molecular weight is 138 g/mol. The molecule has 0 spiro atoms. The molecule has 0 aliphatic carbocycles. The van der Waals surface area contributed by atoms with Gasteiger partial charge in [0, 0.05) is 19.6 Å². The van der Waals surface area contributed by atoms with Gasteiger partial charge in [-0.1, -0.05) is 5.92 Å². The van der Waals surface area contributed by atoms with E-state index in [1.54, 1.807) is 0 Å². The molecule has 0 unspecified atom stereocenters. The van der Waals surface area contributed by atoms with E-state index in [2.05, 4.69) is 23.2 Å². The van der Waals surface area contributed by atoms with Crippen LogP contribution in [0.15, 0.2) is 0 Å². The molecule has 1 aliphatic heterocycles. The monoisotopic (exact) mass is 138 g/mol. The van der Waals surface area contributed by atoms with E-state index in [1.165, 1.54) is 0 Å². The van der Waals surface area contributed by atoms with Crippen LogP contribution in [0.4, 0.5) is 0 Å². The molecule has 56 valence electrons.